The number of halogens is 2. The van der Waals surface area contributed by atoms with Crippen molar-refractivity contribution in [2.75, 3.05) is 10.5 Å². The van der Waals surface area contributed by atoms with Crippen molar-refractivity contribution >= 4 is 32.4 Å². The molecule has 0 saturated heterocycles. The molecule has 0 saturated carbocycles. The summed E-state index contributed by atoms with van der Waals surface area (Å²) < 4.78 is 56.5. The summed E-state index contributed by atoms with van der Waals surface area (Å²) in [5.74, 6) is -2.20. The number of nitrogen functional groups attached to an aromatic ring is 1. The van der Waals surface area contributed by atoms with E-state index in [1.54, 1.807) is 6.92 Å². The molecule has 0 amide bonds. The Morgan fingerprint density at radius 2 is 1.89 bits per heavy atom. The van der Waals surface area contributed by atoms with Crippen molar-refractivity contribution in [3.63, 3.8) is 0 Å². The molecule has 0 aliphatic heterocycles. The molecule has 1 aromatic heterocycles. The lowest BCUT2D eigenvalue weighted by molar-refractivity contribution is 0.522. The molecule has 0 spiro atoms. The second-order valence-corrected chi connectivity index (χ2v) is 5.94. The molecule has 2 aromatic rings. The van der Waals surface area contributed by atoms with E-state index >= 15 is 0 Å². The summed E-state index contributed by atoms with van der Waals surface area (Å²) >= 11 is 0.765. The maximum absolute atomic E-state index is 13.5. The lowest BCUT2D eigenvalue weighted by atomic mass is 10.3. The SMILES string of the molecule is Cc1nsc(NS(=O)(=O)c2c(F)cc(N)cc2F)n1. The Hall–Kier alpha value is -1.81. The van der Waals surface area contributed by atoms with Crippen molar-refractivity contribution in [2.45, 2.75) is 11.8 Å². The molecular formula is C9H8F2N4O2S2. The highest BCUT2D eigenvalue weighted by Gasteiger charge is 2.25. The number of aromatic nitrogens is 2. The van der Waals surface area contributed by atoms with Crippen molar-refractivity contribution < 1.29 is 17.2 Å². The Kier molecular flexibility index (Phi) is 3.37. The van der Waals surface area contributed by atoms with Gasteiger partial charge in [0.1, 0.15) is 17.5 Å². The van der Waals surface area contributed by atoms with Crippen LogP contribution in [0.25, 0.3) is 0 Å². The van der Waals surface area contributed by atoms with Gasteiger partial charge < -0.3 is 5.73 Å². The zero-order valence-corrected chi connectivity index (χ0v) is 11.1. The highest BCUT2D eigenvalue weighted by Crippen LogP contribution is 2.24. The van der Waals surface area contributed by atoms with Gasteiger partial charge in [-0.3, -0.25) is 4.72 Å². The highest BCUT2D eigenvalue weighted by molar-refractivity contribution is 7.93. The number of hydrogen-bond acceptors (Lipinski definition) is 6. The van der Waals surface area contributed by atoms with E-state index in [0.29, 0.717) is 5.82 Å². The fourth-order valence-electron chi connectivity index (χ4n) is 1.34. The van der Waals surface area contributed by atoms with Gasteiger partial charge in [0, 0.05) is 17.2 Å². The average molecular weight is 306 g/mol. The smallest absolute Gasteiger partial charge is 0.269 e. The predicted molar refractivity (Wildman–Crippen MR) is 66.2 cm³/mol. The summed E-state index contributed by atoms with van der Waals surface area (Å²) in [5.41, 5.74) is 5.00. The van der Waals surface area contributed by atoms with Gasteiger partial charge in [-0.1, -0.05) is 0 Å². The number of nitrogens with two attached hydrogens (primary N) is 1. The Morgan fingerprint density at radius 1 is 1.32 bits per heavy atom. The Bertz CT molecular complexity index is 707. The molecule has 0 radical (unpaired) electrons. The molecule has 1 heterocycles. The minimum atomic E-state index is -4.43. The van der Waals surface area contributed by atoms with E-state index in [4.69, 9.17) is 5.73 Å². The first-order chi connectivity index (χ1) is 8.79. The summed E-state index contributed by atoms with van der Waals surface area (Å²) in [6, 6.07) is 1.45. The molecule has 0 aliphatic carbocycles. The van der Waals surface area contributed by atoms with Gasteiger partial charge in [-0.2, -0.15) is 4.37 Å². The minimum absolute atomic E-state index is 0.0758. The average Bonchev–Trinajstić information content (AvgIpc) is 2.60. The third-order valence-electron chi connectivity index (χ3n) is 2.04. The number of benzene rings is 1. The van der Waals surface area contributed by atoms with Crippen LogP contribution in [0.2, 0.25) is 0 Å². The highest BCUT2D eigenvalue weighted by atomic mass is 32.2. The maximum atomic E-state index is 13.5. The molecule has 6 nitrogen and oxygen atoms in total. The predicted octanol–water partition coefficient (Wildman–Crippen LogP) is 1.51. The number of aryl methyl sites for hydroxylation is 1. The first-order valence-electron chi connectivity index (χ1n) is 4.87. The molecule has 102 valence electrons. The third-order valence-corrected chi connectivity index (χ3v) is 4.28. The third kappa shape index (κ3) is 2.79. The lowest BCUT2D eigenvalue weighted by Crippen LogP contribution is -2.16. The fourth-order valence-corrected chi connectivity index (χ4v) is 3.26. The fraction of sp³-hybridized carbons (Fsp3) is 0.111. The van der Waals surface area contributed by atoms with Crippen LogP contribution >= 0.6 is 11.5 Å². The van der Waals surface area contributed by atoms with Crippen LogP contribution in [0.15, 0.2) is 17.0 Å². The number of rotatable bonds is 3. The normalized spacial score (nSPS) is 11.5. The molecule has 0 fully saturated rings. The van der Waals surface area contributed by atoms with Crippen LogP contribution in [0.5, 0.6) is 0 Å². The molecule has 2 rings (SSSR count). The summed E-state index contributed by atoms with van der Waals surface area (Å²) in [6.45, 7) is 1.55. The van der Waals surface area contributed by atoms with Crippen molar-refractivity contribution in [3.8, 4) is 0 Å². The zero-order chi connectivity index (χ0) is 14.2. The van der Waals surface area contributed by atoms with Gasteiger partial charge in [0.2, 0.25) is 5.13 Å². The van der Waals surface area contributed by atoms with Gasteiger partial charge in [-0.15, -0.1) is 0 Å². The molecule has 3 N–H and O–H groups in total. The quantitative estimate of drug-likeness (QED) is 0.838. The second-order valence-electron chi connectivity index (χ2n) is 3.57. The van der Waals surface area contributed by atoms with Gasteiger partial charge in [-0.05, 0) is 19.1 Å². The van der Waals surface area contributed by atoms with E-state index in [1.807, 2.05) is 4.72 Å². The number of hydrogen-bond donors (Lipinski definition) is 2. The minimum Gasteiger partial charge on any atom is -0.399 e. The monoisotopic (exact) mass is 306 g/mol. The van der Waals surface area contributed by atoms with E-state index in [0.717, 1.165) is 23.7 Å². The molecule has 0 unspecified atom stereocenters. The molecular weight excluding hydrogens is 298 g/mol. The summed E-state index contributed by atoms with van der Waals surface area (Å²) in [7, 11) is -4.43. The summed E-state index contributed by atoms with van der Waals surface area (Å²) in [6.07, 6.45) is 0. The van der Waals surface area contributed by atoms with Crippen molar-refractivity contribution in [1.29, 1.82) is 0 Å². The summed E-state index contributed by atoms with van der Waals surface area (Å²) in [4.78, 5) is 2.64. The summed E-state index contributed by atoms with van der Waals surface area (Å²) in [5, 5.41) is -0.0758. The molecule has 0 aliphatic rings. The zero-order valence-electron chi connectivity index (χ0n) is 9.52. The van der Waals surface area contributed by atoms with Gasteiger partial charge in [0.05, 0.1) is 0 Å². The molecule has 1 aromatic carbocycles. The number of nitrogens with one attached hydrogen (secondary N) is 1. The Labute approximate surface area is 111 Å². The molecule has 0 bridgehead atoms. The second kappa shape index (κ2) is 4.70. The van der Waals surface area contributed by atoms with Gasteiger partial charge in [0.15, 0.2) is 4.90 Å². The van der Waals surface area contributed by atoms with Crippen LogP contribution in [-0.2, 0) is 10.0 Å². The van der Waals surface area contributed by atoms with Crippen LogP contribution in [0.1, 0.15) is 5.82 Å². The van der Waals surface area contributed by atoms with Crippen molar-refractivity contribution in [3.05, 3.63) is 29.6 Å². The van der Waals surface area contributed by atoms with Gasteiger partial charge in [0.25, 0.3) is 10.0 Å². The largest absolute Gasteiger partial charge is 0.399 e. The van der Waals surface area contributed by atoms with E-state index in [1.165, 1.54) is 0 Å². The number of anilines is 2. The van der Waals surface area contributed by atoms with E-state index < -0.39 is 26.6 Å². The van der Waals surface area contributed by atoms with Crippen LogP contribution < -0.4 is 10.5 Å². The maximum Gasteiger partial charge on any atom is 0.269 e. The van der Waals surface area contributed by atoms with Crippen molar-refractivity contribution in [2.24, 2.45) is 0 Å². The molecule has 0 atom stereocenters. The first kappa shape index (κ1) is 13.6. The standard InChI is InChI=1S/C9H8F2N4O2S2/c1-4-13-9(18-14-4)15-19(16,17)8-6(10)2-5(12)3-7(8)11/h2-3H,12H2,1H3,(H,13,14,15). The van der Waals surface area contributed by atoms with E-state index in [-0.39, 0.29) is 10.8 Å². The lowest BCUT2D eigenvalue weighted by Gasteiger charge is -2.07. The van der Waals surface area contributed by atoms with Gasteiger partial charge >= 0.3 is 0 Å². The molecule has 19 heavy (non-hydrogen) atoms. The Morgan fingerprint density at radius 3 is 2.37 bits per heavy atom. The van der Waals surface area contributed by atoms with E-state index in [2.05, 4.69) is 9.36 Å². The van der Waals surface area contributed by atoms with Crippen LogP contribution in [0.3, 0.4) is 0 Å². The Balaban J connectivity index is 2.45. The first-order valence-corrected chi connectivity index (χ1v) is 7.13. The van der Waals surface area contributed by atoms with Crippen LogP contribution in [0, 0.1) is 18.6 Å². The number of nitrogens with zero attached hydrogens (tertiary/aromatic N) is 2. The number of sulfonamides is 1. The molecule has 10 heteroatoms. The van der Waals surface area contributed by atoms with Crippen molar-refractivity contribution in [1.82, 2.24) is 9.36 Å². The van der Waals surface area contributed by atoms with Crippen LogP contribution in [0.4, 0.5) is 19.6 Å². The van der Waals surface area contributed by atoms with E-state index in [9.17, 15) is 17.2 Å². The van der Waals surface area contributed by atoms with Gasteiger partial charge in [-0.25, -0.2) is 22.2 Å². The van der Waals surface area contributed by atoms with Crippen LogP contribution in [-0.4, -0.2) is 17.8 Å². The topological polar surface area (TPSA) is 98.0 Å².